The number of benzene rings is 7. The summed E-state index contributed by atoms with van der Waals surface area (Å²) in [7, 11) is 0. The maximum Gasteiger partial charge on any atom is 0.164 e. The highest BCUT2D eigenvalue weighted by atomic mass is 15.0. The summed E-state index contributed by atoms with van der Waals surface area (Å²) in [6.45, 7) is 2.18. The molecule has 0 saturated carbocycles. The van der Waals surface area contributed by atoms with E-state index in [-0.39, 0.29) is 0 Å². The molecular weight excluding hydrogens is 609 g/mol. The van der Waals surface area contributed by atoms with Gasteiger partial charge in [0.05, 0.1) is 11.0 Å². The summed E-state index contributed by atoms with van der Waals surface area (Å²) in [6.07, 6.45) is 0. The number of fused-ring (bicyclic) bond motifs is 3. The number of hydrogen-bond acceptors (Lipinski definition) is 3. The van der Waals surface area contributed by atoms with Crippen molar-refractivity contribution in [2.45, 2.75) is 6.92 Å². The van der Waals surface area contributed by atoms with Gasteiger partial charge >= 0.3 is 0 Å². The Morgan fingerprint density at radius 3 is 1.42 bits per heavy atom. The largest absolute Gasteiger partial charge is 0.309 e. The molecule has 0 amide bonds. The van der Waals surface area contributed by atoms with Crippen LogP contribution in [0.3, 0.4) is 0 Å². The molecule has 0 saturated heterocycles. The fourth-order valence-electron chi connectivity index (χ4n) is 6.93. The summed E-state index contributed by atoms with van der Waals surface area (Å²) in [5.74, 6) is 1.94. The average molecular weight is 641 g/mol. The van der Waals surface area contributed by atoms with E-state index in [1.165, 1.54) is 44.2 Å². The highest BCUT2D eigenvalue weighted by Gasteiger charge is 2.19. The van der Waals surface area contributed by atoms with Crippen LogP contribution >= 0.6 is 0 Å². The fourth-order valence-corrected chi connectivity index (χ4v) is 6.93. The molecule has 0 radical (unpaired) electrons. The van der Waals surface area contributed by atoms with Gasteiger partial charge in [-0.1, -0.05) is 146 Å². The summed E-state index contributed by atoms with van der Waals surface area (Å²) in [6, 6.07) is 61.5. The van der Waals surface area contributed by atoms with E-state index in [0.717, 1.165) is 27.8 Å². The summed E-state index contributed by atoms with van der Waals surface area (Å²) in [4.78, 5) is 15.1. The zero-order chi connectivity index (χ0) is 33.4. The molecule has 4 nitrogen and oxygen atoms in total. The topological polar surface area (TPSA) is 43.6 Å². The van der Waals surface area contributed by atoms with Crippen LogP contribution in [0.15, 0.2) is 176 Å². The van der Waals surface area contributed by atoms with E-state index in [1.54, 1.807) is 0 Å². The van der Waals surface area contributed by atoms with Gasteiger partial charge in [0.2, 0.25) is 0 Å². The minimum atomic E-state index is 0.641. The van der Waals surface area contributed by atoms with Crippen LogP contribution in [0.2, 0.25) is 0 Å². The van der Waals surface area contributed by atoms with Crippen molar-refractivity contribution in [1.29, 1.82) is 0 Å². The molecule has 0 N–H and O–H groups in total. The zero-order valence-corrected chi connectivity index (χ0v) is 27.5. The van der Waals surface area contributed by atoms with Gasteiger partial charge in [0.1, 0.15) is 0 Å². The first-order valence-corrected chi connectivity index (χ1v) is 16.9. The number of para-hydroxylation sites is 1. The van der Waals surface area contributed by atoms with Crippen molar-refractivity contribution >= 4 is 21.8 Å². The first-order chi connectivity index (χ1) is 24.7. The highest BCUT2D eigenvalue weighted by Crippen LogP contribution is 2.39. The van der Waals surface area contributed by atoms with Crippen molar-refractivity contribution in [3.05, 3.63) is 181 Å². The summed E-state index contributed by atoms with van der Waals surface area (Å²) in [5.41, 5.74) is 12.2. The van der Waals surface area contributed by atoms with Gasteiger partial charge in [-0.3, -0.25) is 0 Å². The van der Waals surface area contributed by atoms with Crippen LogP contribution < -0.4 is 0 Å². The molecule has 0 unspecified atom stereocenters. The minimum Gasteiger partial charge on any atom is -0.309 e. The molecular formula is C46H32N4. The van der Waals surface area contributed by atoms with Gasteiger partial charge in [-0.2, -0.15) is 0 Å². The van der Waals surface area contributed by atoms with Crippen molar-refractivity contribution in [3.8, 4) is 62.1 Å². The molecule has 2 heterocycles. The van der Waals surface area contributed by atoms with Crippen molar-refractivity contribution in [2.75, 3.05) is 0 Å². The third-order valence-corrected chi connectivity index (χ3v) is 9.41. The first-order valence-electron chi connectivity index (χ1n) is 16.9. The molecule has 0 aliphatic heterocycles. The Balaban J connectivity index is 1.27. The van der Waals surface area contributed by atoms with Gasteiger partial charge < -0.3 is 4.57 Å². The molecule has 0 bridgehead atoms. The molecule has 0 aliphatic rings. The molecule has 4 heteroatoms. The molecule has 236 valence electrons. The Kier molecular flexibility index (Phi) is 7.33. The first kappa shape index (κ1) is 29.5. The molecule has 9 aromatic rings. The lowest BCUT2D eigenvalue weighted by atomic mass is 9.96. The number of aryl methyl sites for hydroxylation is 1. The van der Waals surface area contributed by atoms with E-state index in [9.17, 15) is 0 Å². The van der Waals surface area contributed by atoms with Gasteiger partial charge in [-0.25, -0.2) is 15.0 Å². The predicted octanol–water partition coefficient (Wildman–Crippen LogP) is 11.6. The van der Waals surface area contributed by atoms with Crippen LogP contribution in [-0.2, 0) is 0 Å². The molecule has 9 rings (SSSR count). The molecule has 50 heavy (non-hydrogen) atoms. The molecule has 0 atom stereocenters. The van der Waals surface area contributed by atoms with Crippen LogP contribution in [0.4, 0.5) is 0 Å². The van der Waals surface area contributed by atoms with E-state index >= 15 is 0 Å². The van der Waals surface area contributed by atoms with Crippen LogP contribution in [0.25, 0.3) is 83.9 Å². The monoisotopic (exact) mass is 640 g/mol. The number of rotatable bonds is 6. The SMILES string of the molecule is Cc1ccccc1-n1c2ccc(-c3ccccc3)cc2c2cc(-c3ccccc3-c3nc(-c4ccccc4)nc(-c4ccccc4)n3)ccc21. The summed E-state index contributed by atoms with van der Waals surface area (Å²) in [5, 5.41) is 2.40. The van der Waals surface area contributed by atoms with E-state index in [2.05, 4.69) is 127 Å². The third kappa shape index (κ3) is 5.24. The third-order valence-electron chi connectivity index (χ3n) is 9.41. The van der Waals surface area contributed by atoms with E-state index < -0.39 is 0 Å². The van der Waals surface area contributed by atoms with E-state index in [4.69, 9.17) is 15.0 Å². The lowest BCUT2D eigenvalue weighted by Crippen LogP contribution is -2.01. The quantitative estimate of drug-likeness (QED) is 0.182. The van der Waals surface area contributed by atoms with Crippen LogP contribution in [-0.4, -0.2) is 19.5 Å². The van der Waals surface area contributed by atoms with Crippen molar-refractivity contribution in [3.63, 3.8) is 0 Å². The Morgan fingerprint density at radius 2 is 0.820 bits per heavy atom. The Hall–Kier alpha value is -6.65. The van der Waals surface area contributed by atoms with Gasteiger partial charge in [0.25, 0.3) is 0 Å². The van der Waals surface area contributed by atoms with Gasteiger partial charge in [-0.05, 0) is 65.1 Å². The van der Waals surface area contributed by atoms with Gasteiger partial charge in [-0.15, -0.1) is 0 Å². The smallest absolute Gasteiger partial charge is 0.164 e. The fraction of sp³-hybridized carbons (Fsp3) is 0.0217. The number of hydrogen-bond donors (Lipinski definition) is 0. The second-order valence-corrected chi connectivity index (χ2v) is 12.5. The average Bonchev–Trinajstić information content (AvgIpc) is 3.51. The lowest BCUT2D eigenvalue weighted by Gasteiger charge is -2.13. The van der Waals surface area contributed by atoms with Crippen LogP contribution in [0, 0.1) is 6.92 Å². The van der Waals surface area contributed by atoms with Crippen molar-refractivity contribution in [1.82, 2.24) is 19.5 Å². The second kappa shape index (κ2) is 12.4. The van der Waals surface area contributed by atoms with Crippen LogP contribution in [0.1, 0.15) is 5.56 Å². The molecule has 0 fully saturated rings. The molecule has 2 aromatic heterocycles. The Bertz CT molecular complexity index is 2590. The molecule has 7 aromatic carbocycles. The van der Waals surface area contributed by atoms with Crippen LogP contribution in [0.5, 0.6) is 0 Å². The van der Waals surface area contributed by atoms with Gasteiger partial charge in [0.15, 0.2) is 17.5 Å². The second-order valence-electron chi connectivity index (χ2n) is 12.5. The summed E-state index contributed by atoms with van der Waals surface area (Å²) < 4.78 is 2.40. The Morgan fingerprint density at radius 1 is 0.360 bits per heavy atom. The maximum atomic E-state index is 5.07. The van der Waals surface area contributed by atoms with Gasteiger partial charge in [0, 0.05) is 33.2 Å². The van der Waals surface area contributed by atoms with Crippen molar-refractivity contribution < 1.29 is 0 Å². The van der Waals surface area contributed by atoms with Crippen molar-refractivity contribution in [2.24, 2.45) is 0 Å². The van der Waals surface area contributed by atoms with E-state index in [1.807, 2.05) is 60.7 Å². The molecule has 0 aliphatic carbocycles. The Labute approximate surface area is 291 Å². The molecule has 0 spiro atoms. The maximum absolute atomic E-state index is 5.07. The summed E-state index contributed by atoms with van der Waals surface area (Å²) >= 11 is 0. The number of nitrogens with zero attached hydrogens (tertiary/aromatic N) is 4. The number of aromatic nitrogens is 4. The standard InChI is InChI=1S/C46H32N4/c1-31-15-11-14-24-41(31)50-42-27-25-35(32-16-5-2-6-17-32)29-39(42)40-30-36(26-28-43(40)50)37-22-12-13-23-38(37)46-48-44(33-18-7-3-8-19-33)47-45(49-46)34-20-9-4-10-21-34/h2-30H,1H3. The normalized spacial score (nSPS) is 11.3. The highest BCUT2D eigenvalue weighted by molar-refractivity contribution is 6.12. The predicted molar refractivity (Wildman–Crippen MR) is 206 cm³/mol. The van der Waals surface area contributed by atoms with E-state index in [0.29, 0.717) is 17.5 Å². The lowest BCUT2D eigenvalue weighted by molar-refractivity contribution is 1.07. The minimum absolute atomic E-state index is 0.641. The zero-order valence-electron chi connectivity index (χ0n) is 27.5.